The molecule has 0 fully saturated rings. The Morgan fingerprint density at radius 2 is 1.91 bits per heavy atom. The molecule has 2 aromatic rings. The number of anilines is 1. The maximum absolute atomic E-state index is 12.0. The van der Waals surface area contributed by atoms with Crippen LogP contribution in [0.3, 0.4) is 0 Å². The molecule has 2 N–H and O–H groups in total. The van der Waals surface area contributed by atoms with Crippen LogP contribution in [-0.4, -0.2) is 24.2 Å². The number of nitrogens with one attached hydrogen (secondary N) is 1. The first kappa shape index (κ1) is 17.0. The summed E-state index contributed by atoms with van der Waals surface area (Å²) in [6.07, 6.45) is 2.62. The lowest BCUT2D eigenvalue weighted by molar-refractivity contribution is -0.118. The van der Waals surface area contributed by atoms with E-state index in [2.05, 4.69) is 5.32 Å². The Labute approximate surface area is 137 Å². The van der Waals surface area contributed by atoms with E-state index in [0.717, 1.165) is 36.1 Å². The van der Waals surface area contributed by atoms with Gasteiger partial charge in [-0.1, -0.05) is 29.8 Å². The summed E-state index contributed by atoms with van der Waals surface area (Å²) in [5.41, 5.74) is 3.07. The van der Waals surface area contributed by atoms with E-state index in [4.69, 9.17) is 9.84 Å². The van der Waals surface area contributed by atoms with Crippen LogP contribution in [0.1, 0.15) is 24.0 Å². The summed E-state index contributed by atoms with van der Waals surface area (Å²) in [6, 6.07) is 15.4. The van der Waals surface area contributed by atoms with E-state index in [1.807, 2.05) is 55.5 Å². The highest BCUT2D eigenvalue weighted by molar-refractivity contribution is 5.91. The van der Waals surface area contributed by atoms with Crippen molar-refractivity contribution >= 4 is 11.6 Å². The van der Waals surface area contributed by atoms with E-state index < -0.39 is 0 Å². The van der Waals surface area contributed by atoms with Gasteiger partial charge in [0.25, 0.3) is 5.91 Å². The molecule has 4 heteroatoms. The van der Waals surface area contributed by atoms with Gasteiger partial charge in [0.05, 0.1) is 0 Å². The van der Waals surface area contributed by atoms with Crippen LogP contribution in [0.15, 0.2) is 48.5 Å². The maximum atomic E-state index is 12.0. The largest absolute Gasteiger partial charge is 0.484 e. The first-order valence-corrected chi connectivity index (χ1v) is 7.86. The SMILES string of the molecule is Cc1ccc(OCC(=O)Nc2cccc(CCCCO)c2)cc1. The van der Waals surface area contributed by atoms with Gasteiger partial charge in [-0.25, -0.2) is 0 Å². The van der Waals surface area contributed by atoms with E-state index in [9.17, 15) is 4.79 Å². The monoisotopic (exact) mass is 313 g/mol. The Bertz CT molecular complexity index is 623. The zero-order valence-electron chi connectivity index (χ0n) is 13.4. The molecule has 0 aromatic heterocycles. The predicted octanol–water partition coefficient (Wildman–Crippen LogP) is 3.33. The van der Waals surface area contributed by atoms with Gasteiger partial charge >= 0.3 is 0 Å². The number of aliphatic hydroxyl groups is 1. The normalized spacial score (nSPS) is 10.3. The average molecular weight is 313 g/mol. The van der Waals surface area contributed by atoms with Gasteiger partial charge in [0, 0.05) is 12.3 Å². The maximum Gasteiger partial charge on any atom is 0.262 e. The smallest absolute Gasteiger partial charge is 0.262 e. The minimum absolute atomic E-state index is 0.0161. The highest BCUT2D eigenvalue weighted by atomic mass is 16.5. The van der Waals surface area contributed by atoms with Crippen molar-refractivity contribution in [3.63, 3.8) is 0 Å². The topological polar surface area (TPSA) is 58.6 Å². The molecule has 0 unspecified atom stereocenters. The van der Waals surface area contributed by atoms with Gasteiger partial charge in [-0.3, -0.25) is 4.79 Å². The van der Waals surface area contributed by atoms with Crippen LogP contribution in [-0.2, 0) is 11.2 Å². The molecule has 0 aliphatic carbocycles. The number of ether oxygens (including phenoxy) is 1. The average Bonchev–Trinajstić information content (AvgIpc) is 2.55. The van der Waals surface area contributed by atoms with Gasteiger partial charge in [-0.05, 0) is 56.0 Å². The molecule has 0 saturated heterocycles. The second kappa shape index (κ2) is 8.96. The van der Waals surface area contributed by atoms with Crippen LogP contribution in [0, 0.1) is 6.92 Å². The Hall–Kier alpha value is -2.33. The lowest BCUT2D eigenvalue weighted by Gasteiger charge is -2.09. The van der Waals surface area contributed by atoms with E-state index >= 15 is 0 Å². The van der Waals surface area contributed by atoms with Crippen molar-refractivity contribution in [3.8, 4) is 5.75 Å². The third-order valence-electron chi connectivity index (χ3n) is 3.48. The summed E-state index contributed by atoms with van der Waals surface area (Å²) >= 11 is 0. The molecule has 122 valence electrons. The molecule has 1 amide bonds. The number of benzene rings is 2. The molecule has 0 heterocycles. The van der Waals surface area contributed by atoms with Gasteiger partial charge in [0.15, 0.2) is 6.61 Å². The molecular weight excluding hydrogens is 290 g/mol. The minimum Gasteiger partial charge on any atom is -0.484 e. The van der Waals surface area contributed by atoms with Gasteiger partial charge in [0.2, 0.25) is 0 Å². The van der Waals surface area contributed by atoms with Crippen molar-refractivity contribution in [3.05, 3.63) is 59.7 Å². The summed E-state index contributed by atoms with van der Waals surface area (Å²) in [4.78, 5) is 12.0. The van der Waals surface area contributed by atoms with Gasteiger partial charge < -0.3 is 15.2 Å². The molecule has 0 spiro atoms. The molecule has 0 aliphatic heterocycles. The van der Waals surface area contributed by atoms with Gasteiger partial charge in [0.1, 0.15) is 5.75 Å². The first-order valence-electron chi connectivity index (χ1n) is 7.86. The standard InChI is InChI=1S/C19H23NO3/c1-15-8-10-18(11-9-15)23-14-19(22)20-17-7-4-6-16(13-17)5-2-3-12-21/h4,6-11,13,21H,2-3,5,12,14H2,1H3,(H,20,22). The summed E-state index contributed by atoms with van der Waals surface area (Å²) in [6.45, 7) is 2.20. The number of aliphatic hydroxyl groups excluding tert-OH is 1. The summed E-state index contributed by atoms with van der Waals surface area (Å²) < 4.78 is 5.46. The Balaban J connectivity index is 1.82. The molecular formula is C19H23NO3. The third kappa shape index (κ3) is 6.12. The van der Waals surface area contributed by atoms with Gasteiger partial charge in [-0.2, -0.15) is 0 Å². The number of aryl methyl sites for hydroxylation is 2. The molecule has 0 bridgehead atoms. The summed E-state index contributed by atoms with van der Waals surface area (Å²) in [5, 5.41) is 11.7. The Morgan fingerprint density at radius 1 is 1.13 bits per heavy atom. The van der Waals surface area contributed by atoms with Crippen molar-refractivity contribution in [1.29, 1.82) is 0 Å². The van der Waals surface area contributed by atoms with Crippen LogP contribution in [0.2, 0.25) is 0 Å². The summed E-state index contributed by atoms with van der Waals surface area (Å²) in [7, 11) is 0. The van der Waals surface area contributed by atoms with E-state index in [1.54, 1.807) is 0 Å². The van der Waals surface area contributed by atoms with E-state index in [0.29, 0.717) is 5.75 Å². The number of carbonyl (C=O) groups is 1. The van der Waals surface area contributed by atoms with E-state index in [1.165, 1.54) is 0 Å². The van der Waals surface area contributed by atoms with Crippen LogP contribution in [0.25, 0.3) is 0 Å². The lowest BCUT2D eigenvalue weighted by Crippen LogP contribution is -2.20. The van der Waals surface area contributed by atoms with Gasteiger partial charge in [-0.15, -0.1) is 0 Å². The third-order valence-corrected chi connectivity index (χ3v) is 3.48. The number of amides is 1. The highest BCUT2D eigenvalue weighted by Gasteiger charge is 2.04. The fourth-order valence-electron chi connectivity index (χ4n) is 2.23. The second-order valence-corrected chi connectivity index (χ2v) is 5.53. The molecule has 0 aliphatic rings. The zero-order chi connectivity index (χ0) is 16.5. The quantitative estimate of drug-likeness (QED) is 0.735. The van der Waals surface area contributed by atoms with Crippen LogP contribution in [0.4, 0.5) is 5.69 Å². The number of hydrogen-bond donors (Lipinski definition) is 2. The number of hydrogen-bond acceptors (Lipinski definition) is 3. The van der Waals surface area contributed by atoms with Crippen molar-refractivity contribution in [2.45, 2.75) is 26.2 Å². The fourth-order valence-corrected chi connectivity index (χ4v) is 2.23. The van der Waals surface area contributed by atoms with Crippen LogP contribution >= 0.6 is 0 Å². The molecule has 4 nitrogen and oxygen atoms in total. The number of rotatable bonds is 8. The van der Waals surface area contributed by atoms with Crippen LogP contribution in [0.5, 0.6) is 5.75 Å². The van der Waals surface area contributed by atoms with E-state index in [-0.39, 0.29) is 19.1 Å². The summed E-state index contributed by atoms with van der Waals surface area (Å²) in [5.74, 6) is 0.501. The number of carbonyl (C=O) groups excluding carboxylic acids is 1. The molecule has 23 heavy (non-hydrogen) atoms. The van der Waals surface area contributed by atoms with Crippen molar-refractivity contribution in [2.24, 2.45) is 0 Å². The lowest BCUT2D eigenvalue weighted by atomic mass is 10.1. The first-order chi connectivity index (χ1) is 11.2. The Kier molecular flexibility index (Phi) is 6.63. The van der Waals surface area contributed by atoms with Crippen molar-refractivity contribution < 1.29 is 14.6 Å². The zero-order valence-corrected chi connectivity index (χ0v) is 13.4. The highest BCUT2D eigenvalue weighted by Crippen LogP contribution is 2.14. The molecule has 0 radical (unpaired) electrons. The molecule has 0 atom stereocenters. The van der Waals surface area contributed by atoms with Crippen LogP contribution < -0.4 is 10.1 Å². The molecule has 2 aromatic carbocycles. The minimum atomic E-state index is -0.182. The second-order valence-electron chi connectivity index (χ2n) is 5.53. The van der Waals surface area contributed by atoms with Crippen molar-refractivity contribution in [1.82, 2.24) is 0 Å². The predicted molar refractivity (Wildman–Crippen MR) is 91.8 cm³/mol. The van der Waals surface area contributed by atoms with Crippen molar-refractivity contribution in [2.75, 3.05) is 18.5 Å². The molecule has 2 rings (SSSR count). The number of unbranched alkanes of at least 4 members (excludes halogenated alkanes) is 1. The Morgan fingerprint density at radius 3 is 2.65 bits per heavy atom. The molecule has 0 saturated carbocycles. The fraction of sp³-hybridized carbons (Fsp3) is 0.316.